The van der Waals surface area contributed by atoms with E-state index in [1.54, 1.807) is 38.1 Å². The van der Waals surface area contributed by atoms with Crippen LogP contribution >= 0.6 is 11.6 Å². The van der Waals surface area contributed by atoms with Crippen molar-refractivity contribution in [3.05, 3.63) is 86.3 Å². The van der Waals surface area contributed by atoms with Crippen LogP contribution in [0.15, 0.2) is 64.3 Å². The summed E-state index contributed by atoms with van der Waals surface area (Å²) in [4.78, 5) is 42.8. The van der Waals surface area contributed by atoms with Crippen LogP contribution in [-0.4, -0.2) is 31.8 Å². The van der Waals surface area contributed by atoms with Gasteiger partial charge in [0.25, 0.3) is 0 Å². The Labute approximate surface area is 206 Å². The number of carbonyl (C=O) groups excluding carboxylic acids is 1. The maximum Gasteiger partial charge on any atom is 0.354 e. The maximum absolute atomic E-state index is 13.5. The lowest BCUT2D eigenvalue weighted by atomic mass is 9.94. The SMILES string of the molecule is COC(=O)C(C)(C)Cn1c(=O)nc(Nc2ccc3c(ccn3C)c2)n(Cc2ccc(Cl)cc2)c1=O. The van der Waals surface area contributed by atoms with E-state index in [2.05, 4.69) is 10.3 Å². The van der Waals surface area contributed by atoms with Gasteiger partial charge < -0.3 is 14.6 Å². The summed E-state index contributed by atoms with van der Waals surface area (Å²) < 4.78 is 9.16. The zero-order valence-corrected chi connectivity index (χ0v) is 20.7. The Morgan fingerprint density at radius 3 is 2.49 bits per heavy atom. The lowest BCUT2D eigenvalue weighted by Crippen LogP contribution is -2.46. The topological polar surface area (TPSA) is 100 Å². The van der Waals surface area contributed by atoms with E-state index in [4.69, 9.17) is 16.3 Å². The highest BCUT2D eigenvalue weighted by Gasteiger charge is 2.31. The molecule has 0 aliphatic carbocycles. The second-order valence-corrected chi connectivity index (χ2v) is 9.44. The summed E-state index contributed by atoms with van der Waals surface area (Å²) >= 11 is 6.01. The Bertz CT molecular complexity index is 1520. The molecule has 0 amide bonds. The van der Waals surface area contributed by atoms with E-state index >= 15 is 0 Å². The van der Waals surface area contributed by atoms with Crippen molar-refractivity contribution in [2.75, 3.05) is 12.4 Å². The molecule has 0 fully saturated rings. The molecule has 0 aliphatic rings. The smallest absolute Gasteiger partial charge is 0.354 e. The minimum absolute atomic E-state index is 0.0948. The van der Waals surface area contributed by atoms with E-state index in [1.807, 2.05) is 42.1 Å². The van der Waals surface area contributed by atoms with Crippen LogP contribution in [0.1, 0.15) is 19.4 Å². The van der Waals surface area contributed by atoms with Gasteiger partial charge >= 0.3 is 17.3 Å². The Hall–Kier alpha value is -3.85. The first-order valence-corrected chi connectivity index (χ1v) is 11.3. The van der Waals surface area contributed by atoms with Crippen LogP contribution in [0.25, 0.3) is 10.9 Å². The van der Waals surface area contributed by atoms with Gasteiger partial charge in [-0.15, -0.1) is 0 Å². The van der Waals surface area contributed by atoms with Crippen LogP contribution in [0.5, 0.6) is 0 Å². The fourth-order valence-electron chi connectivity index (χ4n) is 3.90. The molecule has 9 nitrogen and oxygen atoms in total. The molecule has 0 radical (unpaired) electrons. The third kappa shape index (κ3) is 5.00. The number of hydrogen-bond donors (Lipinski definition) is 1. The van der Waals surface area contributed by atoms with Crippen molar-refractivity contribution in [2.45, 2.75) is 26.9 Å². The van der Waals surface area contributed by atoms with Crippen LogP contribution in [0.4, 0.5) is 11.6 Å². The lowest BCUT2D eigenvalue weighted by molar-refractivity contribution is -0.151. The van der Waals surface area contributed by atoms with Crippen molar-refractivity contribution >= 4 is 40.1 Å². The predicted octanol–water partition coefficient (Wildman–Crippen LogP) is 3.54. The van der Waals surface area contributed by atoms with Gasteiger partial charge in [-0.2, -0.15) is 4.98 Å². The summed E-state index contributed by atoms with van der Waals surface area (Å²) in [5, 5.41) is 4.69. The third-order valence-electron chi connectivity index (χ3n) is 5.84. The number of hydrogen-bond acceptors (Lipinski definition) is 6. The maximum atomic E-state index is 13.5. The fraction of sp³-hybridized carbons (Fsp3) is 0.280. The van der Waals surface area contributed by atoms with Crippen molar-refractivity contribution < 1.29 is 9.53 Å². The summed E-state index contributed by atoms with van der Waals surface area (Å²) in [5.74, 6) is -0.441. The Balaban J connectivity index is 1.80. The molecular weight excluding hydrogens is 470 g/mol. The van der Waals surface area contributed by atoms with Crippen molar-refractivity contribution in [2.24, 2.45) is 12.5 Å². The molecule has 1 N–H and O–H groups in total. The average molecular weight is 496 g/mol. The van der Waals surface area contributed by atoms with Gasteiger partial charge in [0.05, 0.1) is 19.1 Å². The largest absolute Gasteiger partial charge is 0.469 e. The molecule has 2 aromatic heterocycles. The van der Waals surface area contributed by atoms with E-state index in [0.717, 1.165) is 21.0 Å². The van der Waals surface area contributed by atoms with E-state index in [0.29, 0.717) is 10.7 Å². The summed E-state index contributed by atoms with van der Waals surface area (Å²) in [6, 6.07) is 14.7. The van der Waals surface area contributed by atoms with Crippen molar-refractivity contribution in [3.63, 3.8) is 0 Å². The number of esters is 1. The van der Waals surface area contributed by atoms with Gasteiger partial charge in [0, 0.05) is 41.4 Å². The van der Waals surface area contributed by atoms with Crippen LogP contribution in [0.2, 0.25) is 5.02 Å². The molecule has 2 heterocycles. The van der Waals surface area contributed by atoms with Crippen LogP contribution < -0.4 is 16.7 Å². The monoisotopic (exact) mass is 495 g/mol. The van der Waals surface area contributed by atoms with Crippen molar-refractivity contribution in [3.8, 4) is 0 Å². The van der Waals surface area contributed by atoms with Gasteiger partial charge in [-0.3, -0.25) is 9.36 Å². The highest BCUT2D eigenvalue weighted by molar-refractivity contribution is 6.30. The van der Waals surface area contributed by atoms with E-state index in [1.165, 1.54) is 11.7 Å². The van der Waals surface area contributed by atoms with Gasteiger partial charge in [0.15, 0.2) is 0 Å². The van der Waals surface area contributed by atoms with E-state index in [-0.39, 0.29) is 19.0 Å². The molecule has 0 spiro atoms. The number of halogens is 1. The number of anilines is 2. The summed E-state index contributed by atoms with van der Waals surface area (Å²) in [7, 11) is 3.22. The highest BCUT2D eigenvalue weighted by Crippen LogP contribution is 2.23. The van der Waals surface area contributed by atoms with Gasteiger partial charge in [0.1, 0.15) is 0 Å². The molecule has 0 aliphatic heterocycles. The van der Waals surface area contributed by atoms with E-state index < -0.39 is 22.8 Å². The quantitative estimate of drug-likeness (QED) is 0.394. The number of aromatic nitrogens is 4. The number of nitrogens with zero attached hydrogens (tertiary/aromatic N) is 4. The average Bonchev–Trinajstić information content (AvgIpc) is 3.19. The van der Waals surface area contributed by atoms with Gasteiger partial charge in [-0.05, 0) is 55.8 Å². The van der Waals surface area contributed by atoms with Crippen LogP contribution in [0, 0.1) is 5.41 Å². The van der Waals surface area contributed by atoms with Gasteiger partial charge in [-0.1, -0.05) is 23.7 Å². The first kappa shape index (κ1) is 24.3. The number of fused-ring (bicyclic) bond motifs is 1. The van der Waals surface area contributed by atoms with Crippen molar-refractivity contribution in [1.29, 1.82) is 0 Å². The number of aryl methyl sites for hydroxylation is 1. The molecule has 0 unspecified atom stereocenters. The molecule has 35 heavy (non-hydrogen) atoms. The molecule has 10 heteroatoms. The lowest BCUT2D eigenvalue weighted by Gasteiger charge is -2.23. The Kier molecular flexibility index (Phi) is 6.53. The van der Waals surface area contributed by atoms with Crippen LogP contribution in [-0.2, 0) is 29.7 Å². The summed E-state index contributed by atoms with van der Waals surface area (Å²) in [6.45, 7) is 3.17. The van der Waals surface area contributed by atoms with Crippen LogP contribution in [0.3, 0.4) is 0 Å². The molecular formula is C25H26ClN5O4. The standard InChI is InChI=1S/C25H26ClN5O4/c1-25(2,21(32)35-4)15-31-23(33)28-22(27-19-9-10-20-17(13-19)11-12-29(20)3)30(24(31)34)14-16-5-7-18(26)8-6-16/h5-13H,14-15H2,1-4H3,(H,27,28,33). The molecule has 0 bridgehead atoms. The minimum atomic E-state index is -1.11. The van der Waals surface area contributed by atoms with Crippen molar-refractivity contribution in [1.82, 2.24) is 18.7 Å². The number of nitrogens with one attached hydrogen (secondary N) is 1. The zero-order valence-electron chi connectivity index (χ0n) is 19.9. The minimum Gasteiger partial charge on any atom is -0.469 e. The number of ether oxygens (including phenoxy) is 1. The summed E-state index contributed by atoms with van der Waals surface area (Å²) in [6.07, 6.45) is 1.95. The molecule has 0 atom stereocenters. The zero-order chi connectivity index (χ0) is 25.3. The molecule has 4 aromatic rings. The molecule has 2 aromatic carbocycles. The normalized spacial score (nSPS) is 11.6. The Morgan fingerprint density at radius 1 is 1.09 bits per heavy atom. The second-order valence-electron chi connectivity index (χ2n) is 9.00. The molecule has 4 rings (SSSR count). The molecule has 0 saturated carbocycles. The number of carbonyl (C=O) groups is 1. The first-order chi connectivity index (χ1) is 16.6. The van der Waals surface area contributed by atoms with Gasteiger partial charge in [0.2, 0.25) is 5.95 Å². The third-order valence-corrected chi connectivity index (χ3v) is 6.09. The second kappa shape index (κ2) is 9.42. The number of rotatable bonds is 7. The summed E-state index contributed by atoms with van der Waals surface area (Å²) in [5.41, 5.74) is 0.0419. The highest BCUT2D eigenvalue weighted by atomic mass is 35.5. The molecule has 182 valence electrons. The Morgan fingerprint density at radius 2 is 1.80 bits per heavy atom. The van der Waals surface area contributed by atoms with E-state index in [9.17, 15) is 14.4 Å². The fourth-order valence-corrected chi connectivity index (χ4v) is 4.03. The molecule has 0 saturated heterocycles. The first-order valence-electron chi connectivity index (χ1n) is 11.0. The van der Waals surface area contributed by atoms with Gasteiger partial charge in [-0.25, -0.2) is 14.2 Å². The number of benzene rings is 2. The predicted molar refractivity (Wildman–Crippen MR) is 135 cm³/mol. The number of methoxy groups -OCH3 is 1.